The number of guanidine groups is 1. The van der Waals surface area contributed by atoms with Gasteiger partial charge in [-0.25, -0.2) is 0 Å². The molecule has 2 aliphatic heterocycles. The van der Waals surface area contributed by atoms with Crippen LogP contribution in [0.5, 0.6) is 0 Å². The first-order valence-electron chi connectivity index (χ1n) is 9.70. The maximum atomic E-state index is 5.38. The van der Waals surface area contributed by atoms with Crippen molar-refractivity contribution < 1.29 is 4.74 Å². The van der Waals surface area contributed by atoms with Crippen molar-refractivity contribution in [3.8, 4) is 0 Å². The van der Waals surface area contributed by atoms with Crippen LogP contribution in [0.1, 0.15) is 39.5 Å². The van der Waals surface area contributed by atoms with Gasteiger partial charge < -0.3 is 20.3 Å². The summed E-state index contributed by atoms with van der Waals surface area (Å²) in [6.07, 6.45) is 4.83. The standard InChI is InChI=1S/C18H37N5O.HI/c1-16(2)23-10-6-17(7-11-23)21-18(19-3)20-8-4-5-9-22-12-14-24-15-13-22;/h16-17H,4-15H2,1-3H3,(H2,19,20,21);1H. The van der Waals surface area contributed by atoms with Gasteiger partial charge in [0.2, 0.25) is 0 Å². The number of hydrogen-bond acceptors (Lipinski definition) is 4. The highest BCUT2D eigenvalue weighted by Gasteiger charge is 2.21. The van der Waals surface area contributed by atoms with Crippen LogP contribution in [0.4, 0.5) is 0 Å². The van der Waals surface area contributed by atoms with Gasteiger partial charge in [-0.3, -0.25) is 9.89 Å². The number of aliphatic imine (C=N–C) groups is 1. The fourth-order valence-corrected chi connectivity index (χ4v) is 3.44. The molecule has 2 saturated heterocycles. The summed E-state index contributed by atoms with van der Waals surface area (Å²) in [5.74, 6) is 0.962. The van der Waals surface area contributed by atoms with E-state index in [0.29, 0.717) is 12.1 Å². The number of rotatable bonds is 7. The third-order valence-electron chi connectivity index (χ3n) is 5.12. The van der Waals surface area contributed by atoms with Crippen LogP contribution < -0.4 is 10.6 Å². The summed E-state index contributed by atoms with van der Waals surface area (Å²) in [6.45, 7) is 13.1. The van der Waals surface area contributed by atoms with E-state index in [1.165, 1.54) is 45.3 Å². The van der Waals surface area contributed by atoms with Gasteiger partial charge in [0.05, 0.1) is 13.2 Å². The predicted molar refractivity (Wildman–Crippen MR) is 116 cm³/mol. The highest BCUT2D eigenvalue weighted by atomic mass is 127. The van der Waals surface area contributed by atoms with Crippen molar-refractivity contribution in [3.63, 3.8) is 0 Å². The fourth-order valence-electron chi connectivity index (χ4n) is 3.44. The van der Waals surface area contributed by atoms with Crippen LogP contribution in [0.2, 0.25) is 0 Å². The summed E-state index contributed by atoms with van der Waals surface area (Å²) in [7, 11) is 1.87. The zero-order valence-corrected chi connectivity index (χ0v) is 18.6. The van der Waals surface area contributed by atoms with Crippen LogP contribution >= 0.6 is 24.0 Å². The van der Waals surface area contributed by atoms with Crippen LogP contribution in [0.3, 0.4) is 0 Å². The van der Waals surface area contributed by atoms with Gasteiger partial charge >= 0.3 is 0 Å². The number of nitrogens with zero attached hydrogens (tertiary/aromatic N) is 3. The Balaban J connectivity index is 0.00000312. The fraction of sp³-hybridized carbons (Fsp3) is 0.944. The molecule has 148 valence electrons. The van der Waals surface area contributed by atoms with Crippen LogP contribution in [-0.4, -0.2) is 87.4 Å². The molecule has 0 bridgehead atoms. The summed E-state index contributed by atoms with van der Waals surface area (Å²) in [5.41, 5.74) is 0. The molecule has 0 aromatic rings. The van der Waals surface area contributed by atoms with Gasteiger partial charge in [-0.2, -0.15) is 0 Å². The monoisotopic (exact) mass is 467 g/mol. The second kappa shape index (κ2) is 13.1. The maximum absolute atomic E-state index is 5.38. The van der Waals surface area contributed by atoms with Gasteiger partial charge in [0, 0.05) is 51.9 Å². The molecule has 25 heavy (non-hydrogen) atoms. The molecule has 0 unspecified atom stereocenters. The summed E-state index contributed by atoms with van der Waals surface area (Å²) >= 11 is 0. The molecule has 2 aliphatic rings. The third kappa shape index (κ3) is 8.88. The van der Waals surface area contributed by atoms with E-state index < -0.39 is 0 Å². The predicted octanol–water partition coefficient (Wildman–Crippen LogP) is 1.75. The normalized spacial score (nSPS) is 21.2. The quantitative estimate of drug-likeness (QED) is 0.259. The molecule has 2 rings (SSSR count). The summed E-state index contributed by atoms with van der Waals surface area (Å²) in [4.78, 5) is 9.43. The SMILES string of the molecule is CN=C(NCCCCN1CCOCC1)NC1CCN(C(C)C)CC1.I. The number of ether oxygens (including phenoxy) is 1. The molecular formula is C18H38IN5O. The molecule has 2 heterocycles. The van der Waals surface area contributed by atoms with Crippen molar-refractivity contribution in [2.45, 2.75) is 51.6 Å². The lowest BCUT2D eigenvalue weighted by atomic mass is 10.0. The van der Waals surface area contributed by atoms with Crippen LogP contribution in [0.25, 0.3) is 0 Å². The lowest BCUT2D eigenvalue weighted by molar-refractivity contribution is 0.0372. The Morgan fingerprint density at radius 2 is 1.80 bits per heavy atom. The lowest BCUT2D eigenvalue weighted by Gasteiger charge is -2.35. The average molecular weight is 467 g/mol. The van der Waals surface area contributed by atoms with Crippen molar-refractivity contribution >= 4 is 29.9 Å². The second-order valence-electron chi connectivity index (χ2n) is 7.21. The Morgan fingerprint density at radius 1 is 1.12 bits per heavy atom. The Hall–Kier alpha value is -0.120. The largest absolute Gasteiger partial charge is 0.379 e. The van der Waals surface area contributed by atoms with Crippen LogP contribution in [0, 0.1) is 0 Å². The first kappa shape index (κ1) is 22.9. The topological polar surface area (TPSA) is 52.1 Å². The molecule has 0 saturated carbocycles. The zero-order chi connectivity index (χ0) is 17.2. The molecule has 0 aliphatic carbocycles. The molecular weight excluding hydrogens is 429 g/mol. The molecule has 7 heteroatoms. The van der Waals surface area contributed by atoms with E-state index >= 15 is 0 Å². The molecule has 0 spiro atoms. The third-order valence-corrected chi connectivity index (χ3v) is 5.12. The minimum atomic E-state index is 0. The first-order valence-corrected chi connectivity index (χ1v) is 9.70. The van der Waals surface area contributed by atoms with E-state index in [0.717, 1.165) is 38.8 Å². The Morgan fingerprint density at radius 3 is 2.40 bits per heavy atom. The summed E-state index contributed by atoms with van der Waals surface area (Å²) in [6, 6.07) is 1.22. The van der Waals surface area contributed by atoms with E-state index in [9.17, 15) is 0 Å². The molecule has 2 fully saturated rings. The second-order valence-corrected chi connectivity index (χ2v) is 7.21. The Labute approximate surface area is 171 Å². The maximum Gasteiger partial charge on any atom is 0.191 e. The number of morpholine rings is 1. The van der Waals surface area contributed by atoms with E-state index in [2.05, 4.69) is 39.3 Å². The van der Waals surface area contributed by atoms with Gasteiger partial charge in [-0.15, -0.1) is 24.0 Å². The molecule has 6 nitrogen and oxygen atoms in total. The van der Waals surface area contributed by atoms with E-state index in [1.54, 1.807) is 0 Å². The average Bonchev–Trinajstić information content (AvgIpc) is 2.61. The van der Waals surface area contributed by atoms with E-state index in [4.69, 9.17) is 4.74 Å². The summed E-state index contributed by atoms with van der Waals surface area (Å²) < 4.78 is 5.38. The number of nitrogens with one attached hydrogen (secondary N) is 2. The number of halogens is 1. The van der Waals surface area contributed by atoms with E-state index in [1.807, 2.05) is 7.05 Å². The van der Waals surface area contributed by atoms with Crippen molar-refractivity contribution in [1.82, 2.24) is 20.4 Å². The minimum absolute atomic E-state index is 0. The van der Waals surface area contributed by atoms with Crippen molar-refractivity contribution in [2.75, 3.05) is 59.5 Å². The van der Waals surface area contributed by atoms with Gasteiger partial charge in [-0.05, 0) is 46.1 Å². The van der Waals surface area contributed by atoms with Crippen LogP contribution in [0.15, 0.2) is 4.99 Å². The van der Waals surface area contributed by atoms with Crippen molar-refractivity contribution in [2.24, 2.45) is 4.99 Å². The molecule has 0 amide bonds. The highest BCUT2D eigenvalue weighted by Crippen LogP contribution is 2.12. The number of unbranched alkanes of at least 4 members (excludes halogenated alkanes) is 1. The minimum Gasteiger partial charge on any atom is -0.379 e. The van der Waals surface area contributed by atoms with Crippen molar-refractivity contribution in [1.29, 1.82) is 0 Å². The molecule has 2 N–H and O–H groups in total. The van der Waals surface area contributed by atoms with Gasteiger partial charge in [-0.1, -0.05) is 0 Å². The molecule has 0 atom stereocenters. The van der Waals surface area contributed by atoms with Crippen LogP contribution in [-0.2, 0) is 4.74 Å². The number of likely N-dealkylation sites (tertiary alicyclic amines) is 1. The lowest BCUT2D eigenvalue weighted by Crippen LogP contribution is -2.50. The van der Waals surface area contributed by atoms with Gasteiger partial charge in [0.25, 0.3) is 0 Å². The van der Waals surface area contributed by atoms with E-state index in [-0.39, 0.29) is 24.0 Å². The molecule has 0 aromatic carbocycles. The number of piperidine rings is 1. The number of hydrogen-bond donors (Lipinski definition) is 2. The Kier molecular flexibility index (Phi) is 12.0. The van der Waals surface area contributed by atoms with Crippen molar-refractivity contribution in [3.05, 3.63) is 0 Å². The molecule has 0 radical (unpaired) electrons. The summed E-state index contributed by atoms with van der Waals surface area (Å²) in [5, 5.41) is 7.06. The highest BCUT2D eigenvalue weighted by molar-refractivity contribution is 14.0. The molecule has 0 aromatic heterocycles. The van der Waals surface area contributed by atoms with Gasteiger partial charge in [0.1, 0.15) is 0 Å². The smallest absolute Gasteiger partial charge is 0.191 e. The van der Waals surface area contributed by atoms with Gasteiger partial charge in [0.15, 0.2) is 5.96 Å². The first-order chi connectivity index (χ1) is 11.7. The zero-order valence-electron chi connectivity index (χ0n) is 16.3. The Bertz CT molecular complexity index is 366.